The molecule has 0 heterocycles. The summed E-state index contributed by atoms with van der Waals surface area (Å²) < 4.78 is 0. The first kappa shape index (κ1) is 27.6. The quantitative estimate of drug-likeness (QED) is 0.119. The van der Waals surface area contributed by atoms with Crippen molar-refractivity contribution in [1.82, 2.24) is 0 Å². The molecule has 1 nitrogen and oxygen atoms in total. The second-order valence-corrected chi connectivity index (χ2v) is 7.69. The van der Waals surface area contributed by atoms with Gasteiger partial charge < -0.3 is 4.79 Å². The van der Waals surface area contributed by atoms with E-state index in [1.165, 1.54) is 116 Å². The third-order valence-electron chi connectivity index (χ3n) is 4.94. The standard InChI is InChI=1S/C13H26O.C12H24/c1-2-3-4-5-6-7-8-9-10-11-12-13-14;1-3-5-7-9-11-12-10-8-6-4-2/h13H,2-12H2,1H3;3H,1,4-12H2,2H3. The molecule has 0 aliphatic carbocycles. The van der Waals surface area contributed by atoms with Crippen LogP contribution >= 0.6 is 0 Å². The van der Waals surface area contributed by atoms with E-state index in [1.54, 1.807) is 0 Å². The third-order valence-corrected chi connectivity index (χ3v) is 4.94. The van der Waals surface area contributed by atoms with Crippen molar-refractivity contribution in [2.24, 2.45) is 0 Å². The van der Waals surface area contributed by atoms with Crippen molar-refractivity contribution in [3.05, 3.63) is 12.7 Å². The van der Waals surface area contributed by atoms with Gasteiger partial charge in [-0.15, -0.1) is 6.58 Å². The van der Waals surface area contributed by atoms with Gasteiger partial charge in [0.25, 0.3) is 0 Å². The van der Waals surface area contributed by atoms with E-state index in [2.05, 4.69) is 20.4 Å². The summed E-state index contributed by atoms with van der Waals surface area (Å²) >= 11 is 0. The summed E-state index contributed by atoms with van der Waals surface area (Å²) in [5.41, 5.74) is 0. The number of carbonyl (C=O) groups excluding carboxylic acids is 1. The molecule has 156 valence electrons. The Kier molecular flexibility index (Phi) is 31.0. The Labute approximate surface area is 166 Å². The minimum Gasteiger partial charge on any atom is -0.303 e. The summed E-state index contributed by atoms with van der Waals surface area (Å²) in [5.74, 6) is 0. The minimum atomic E-state index is 0.760. The summed E-state index contributed by atoms with van der Waals surface area (Å²) in [6.45, 7) is 8.24. The number of hydrogen-bond acceptors (Lipinski definition) is 1. The highest BCUT2D eigenvalue weighted by atomic mass is 16.1. The van der Waals surface area contributed by atoms with Gasteiger partial charge >= 0.3 is 0 Å². The van der Waals surface area contributed by atoms with E-state index < -0.39 is 0 Å². The Hall–Kier alpha value is -0.590. The smallest absolute Gasteiger partial charge is 0.119 e. The normalized spacial score (nSPS) is 10.2. The molecule has 26 heavy (non-hydrogen) atoms. The van der Waals surface area contributed by atoms with E-state index in [4.69, 9.17) is 0 Å². The van der Waals surface area contributed by atoms with Gasteiger partial charge in [0.1, 0.15) is 6.29 Å². The highest BCUT2D eigenvalue weighted by Crippen LogP contribution is 2.11. The van der Waals surface area contributed by atoms with Gasteiger partial charge in [-0.05, 0) is 19.3 Å². The van der Waals surface area contributed by atoms with Crippen molar-refractivity contribution < 1.29 is 4.79 Å². The molecule has 0 atom stereocenters. The lowest BCUT2D eigenvalue weighted by molar-refractivity contribution is -0.107. The van der Waals surface area contributed by atoms with E-state index in [0.29, 0.717) is 0 Å². The Bertz CT molecular complexity index is 247. The van der Waals surface area contributed by atoms with E-state index in [0.717, 1.165) is 19.1 Å². The van der Waals surface area contributed by atoms with Crippen LogP contribution in [0, 0.1) is 0 Å². The molecule has 0 aliphatic rings. The molecular formula is C25H50O. The molecule has 0 rings (SSSR count). The average Bonchev–Trinajstić information content (AvgIpc) is 2.66. The number of hydrogen-bond donors (Lipinski definition) is 0. The van der Waals surface area contributed by atoms with Crippen molar-refractivity contribution >= 4 is 6.29 Å². The molecule has 0 spiro atoms. The molecular weight excluding hydrogens is 316 g/mol. The van der Waals surface area contributed by atoms with E-state index in [9.17, 15) is 4.79 Å². The van der Waals surface area contributed by atoms with Crippen molar-refractivity contribution in [2.75, 3.05) is 0 Å². The fourth-order valence-corrected chi connectivity index (χ4v) is 3.14. The van der Waals surface area contributed by atoms with E-state index >= 15 is 0 Å². The van der Waals surface area contributed by atoms with Crippen molar-refractivity contribution in [3.63, 3.8) is 0 Å². The molecule has 0 aromatic carbocycles. The molecule has 0 saturated heterocycles. The molecule has 0 radical (unpaired) electrons. The maximum Gasteiger partial charge on any atom is 0.119 e. The number of allylic oxidation sites excluding steroid dienone is 1. The van der Waals surface area contributed by atoms with Crippen LogP contribution < -0.4 is 0 Å². The van der Waals surface area contributed by atoms with Crippen LogP contribution in [0.4, 0.5) is 0 Å². The molecule has 0 fully saturated rings. The second-order valence-electron chi connectivity index (χ2n) is 7.69. The van der Waals surface area contributed by atoms with Crippen molar-refractivity contribution in [1.29, 1.82) is 0 Å². The fourth-order valence-electron chi connectivity index (χ4n) is 3.14. The predicted molar refractivity (Wildman–Crippen MR) is 120 cm³/mol. The first-order chi connectivity index (χ1) is 12.8. The Morgan fingerprint density at radius 1 is 0.500 bits per heavy atom. The molecule has 0 N–H and O–H groups in total. The van der Waals surface area contributed by atoms with Crippen LogP contribution in [0.2, 0.25) is 0 Å². The summed E-state index contributed by atoms with van der Waals surface area (Å²) in [4.78, 5) is 10.0. The number of unbranched alkanes of at least 4 members (excludes halogenated alkanes) is 18. The zero-order valence-corrected chi connectivity index (χ0v) is 18.4. The first-order valence-electron chi connectivity index (χ1n) is 11.9. The van der Waals surface area contributed by atoms with Gasteiger partial charge in [0.15, 0.2) is 0 Å². The lowest BCUT2D eigenvalue weighted by atomic mass is 10.1. The van der Waals surface area contributed by atoms with Crippen LogP contribution in [0.3, 0.4) is 0 Å². The number of aldehydes is 1. The summed E-state index contributed by atoms with van der Waals surface area (Å²) in [5, 5.41) is 0. The van der Waals surface area contributed by atoms with Gasteiger partial charge in [0.05, 0.1) is 0 Å². The second kappa shape index (κ2) is 29.2. The van der Waals surface area contributed by atoms with E-state index in [1.807, 2.05) is 6.08 Å². The van der Waals surface area contributed by atoms with Crippen LogP contribution in [0.15, 0.2) is 12.7 Å². The lowest BCUT2D eigenvalue weighted by Gasteiger charge is -2.00. The molecule has 0 saturated carbocycles. The monoisotopic (exact) mass is 366 g/mol. The number of carbonyl (C=O) groups is 1. The van der Waals surface area contributed by atoms with E-state index in [-0.39, 0.29) is 0 Å². The maximum absolute atomic E-state index is 10.0. The summed E-state index contributed by atoms with van der Waals surface area (Å²) in [6.07, 6.45) is 29.7. The van der Waals surface area contributed by atoms with Gasteiger partial charge in [-0.25, -0.2) is 0 Å². The molecule has 0 aromatic rings. The predicted octanol–water partition coefficient (Wildman–Crippen LogP) is 9.20. The first-order valence-corrected chi connectivity index (χ1v) is 11.9. The van der Waals surface area contributed by atoms with Gasteiger partial charge in [-0.1, -0.05) is 123 Å². The molecule has 1 heteroatoms. The lowest BCUT2D eigenvalue weighted by Crippen LogP contribution is -1.82. The molecule has 0 aromatic heterocycles. The van der Waals surface area contributed by atoms with Gasteiger partial charge in [-0.2, -0.15) is 0 Å². The topological polar surface area (TPSA) is 17.1 Å². The van der Waals surface area contributed by atoms with Gasteiger partial charge in [0, 0.05) is 6.42 Å². The largest absolute Gasteiger partial charge is 0.303 e. The molecule has 0 amide bonds. The zero-order valence-electron chi connectivity index (χ0n) is 18.4. The number of rotatable bonds is 20. The molecule has 0 aliphatic heterocycles. The molecule has 0 bridgehead atoms. The summed E-state index contributed by atoms with van der Waals surface area (Å²) in [7, 11) is 0. The highest BCUT2D eigenvalue weighted by molar-refractivity contribution is 5.48. The minimum absolute atomic E-state index is 0.760. The van der Waals surface area contributed by atoms with Crippen molar-refractivity contribution in [2.45, 2.75) is 142 Å². The van der Waals surface area contributed by atoms with Crippen LogP contribution in [0.25, 0.3) is 0 Å². The Balaban J connectivity index is 0. The van der Waals surface area contributed by atoms with Crippen molar-refractivity contribution in [3.8, 4) is 0 Å². The summed E-state index contributed by atoms with van der Waals surface area (Å²) in [6, 6.07) is 0. The van der Waals surface area contributed by atoms with Gasteiger partial charge in [0.2, 0.25) is 0 Å². The third kappa shape index (κ3) is 31.2. The van der Waals surface area contributed by atoms with Crippen LogP contribution in [-0.2, 0) is 4.79 Å². The van der Waals surface area contributed by atoms with Crippen LogP contribution in [0.5, 0.6) is 0 Å². The SMILES string of the molecule is C=CCCCCCCCCCC.CCCCCCCCCCCCC=O. The average molecular weight is 367 g/mol. The Morgan fingerprint density at radius 3 is 1.12 bits per heavy atom. The van der Waals surface area contributed by atoms with Crippen LogP contribution in [-0.4, -0.2) is 6.29 Å². The maximum atomic E-state index is 10.0. The zero-order chi connectivity index (χ0) is 19.6. The Morgan fingerprint density at radius 2 is 0.808 bits per heavy atom. The fraction of sp³-hybridized carbons (Fsp3) is 0.880. The highest BCUT2D eigenvalue weighted by Gasteiger charge is 1.92. The van der Waals surface area contributed by atoms with Crippen LogP contribution in [0.1, 0.15) is 142 Å². The molecule has 0 unspecified atom stereocenters. The van der Waals surface area contributed by atoms with Gasteiger partial charge in [-0.3, -0.25) is 0 Å².